The molecule has 0 radical (unpaired) electrons. The lowest BCUT2D eigenvalue weighted by Gasteiger charge is -2.13. The van der Waals surface area contributed by atoms with E-state index in [4.69, 9.17) is 17.3 Å². The van der Waals surface area contributed by atoms with E-state index in [0.717, 1.165) is 11.3 Å². The van der Waals surface area contributed by atoms with Crippen molar-refractivity contribution in [3.05, 3.63) is 52.3 Å². The number of nitrogens with zero attached hydrogens (tertiary/aromatic N) is 1. The molecule has 1 aromatic heterocycles. The van der Waals surface area contributed by atoms with E-state index in [1.807, 2.05) is 19.1 Å². The van der Waals surface area contributed by atoms with Crippen LogP contribution in [0.1, 0.15) is 21.6 Å². The molecule has 0 bridgehead atoms. The van der Waals surface area contributed by atoms with Crippen molar-refractivity contribution in [1.29, 1.82) is 0 Å². The second-order valence-electron chi connectivity index (χ2n) is 4.35. The van der Waals surface area contributed by atoms with Gasteiger partial charge in [-0.15, -0.1) is 0 Å². The smallest absolute Gasteiger partial charge is 0.337 e. The van der Waals surface area contributed by atoms with Crippen molar-refractivity contribution in [3.8, 4) is 0 Å². The molecular formula is C14H14ClN3O2. The van der Waals surface area contributed by atoms with E-state index < -0.39 is 5.97 Å². The lowest BCUT2D eigenvalue weighted by atomic mass is 10.1. The number of hydrogen-bond donors (Lipinski definition) is 3. The molecule has 0 spiro atoms. The van der Waals surface area contributed by atoms with Gasteiger partial charge in [0.1, 0.15) is 0 Å². The Hall–Kier alpha value is -2.27. The van der Waals surface area contributed by atoms with Crippen LogP contribution in [0, 0.1) is 6.92 Å². The monoisotopic (exact) mass is 291 g/mol. The maximum absolute atomic E-state index is 11.2. The molecule has 0 fully saturated rings. The second kappa shape index (κ2) is 5.79. The standard InChI is InChI=1S/C14H14ClN3O2/c1-8-3-2-4-17-12(8)7-18-13-10(14(19)20)5-9(16)6-11(13)15/h2-6,18H,7,16H2,1H3,(H,19,20). The number of hydrogen-bond acceptors (Lipinski definition) is 4. The minimum Gasteiger partial charge on any atom is -0.478 e. The summed E-state index contributed by atoms with van der Waals surface area (Å²) in [5.74, 6) is -1.08. The Kier molecular flexibility index (Phi) is 4.10. The molecule has 0 aliphatic heterocycles. The molecule has 5 nitrogen and oxygen atoms in total. The van der Waals surface area contributed by atoms with Crippen LogP contribution in [0.15, 0.2) is 30.5 Å². The summed E-state index contributed by atoms with van der Waals surface area (Å²) in [5, 5.41) is 12.5. The highest BCUT2D eigenvalue weighted by Gasteiger charge is 2.15. The highest BCUT2D eigenvalue weighted by molar-refractivity contribution is 6.34. The molecule has 0 unspecified atom stereocenters. The van der Waals surface area contributed by atoms with E-state index in [1.165, 1.54) is 12.1 Å². The predicted molar refractivity (Wildman–Crippen MR) is 79.1 cm³/mol. The van der Waals surface area contributed by atoms with E-state index in [9.17, 15) is 9.90 Å². The maximum Gasteiger partial charge on any atom is 0.337 e. The molecule has 4 N–H and O–H groups in total. The quantitative estimate of drug-likeness (QED) is 0.754. The number of aryl methyl sites for hydroxylation is 1. The number of anilines is 2. The molecule has 2 aromatic rings. The zero-order valence-corrected chi connectivity index (χ0v) is 11.6. The van der Waals surface area contributed by atoms with Crippen LogP contribution >= 0.6 is 11.6 Å². The zero-order chi connectivity index (χ0) is 14.7. The molecule has 0 atom stereocenters. The van der Waals surface area contributed by atoms with Gasteiger partial charge in [-0.3, -0.25) is 4.98 Å². The van der Waals surface area contributed by atoms with Gasteiger partial charge in [-0.2, -0.15) is 0 Å². The van der Waals surface area contributed by atoms with Crippen molar-refractivity contribution in [2.45, 2.75) is 13.5 Å². The number of aromatic carboxylic acids is 1. The van der Waals surface area contributed by atoms with Gasteiger partial charge >= 0.3 is 5.97 Å². The highest BCUT2D eigenvalue weighted by Crippen LogP contribution is 2.29. The van der Waals surface area contributed by atoms with Crippen molar-refractivity contribution in [3.63, 3.8) is 0 Å². The van der Waals surface area contributed by atoms with Crippen molar-refractivity contribution in [2.75, 3.05) is 11.1 Å². The molecule has 2 rings (SSSR count). The first-order chi connectivity index (χ1) is 9.49. The average Bonchev–Trinajstić information content (AvgIpc) is 2.38. The highest BCUT2D eigenvalue weighted by atomic mass is 35.5. The Bertz CT molecular complexity index is 659. The number of benzene rings is 1. The van der Waals surface area contributed by atoms with Crippen LogP contribution in [-0.4, -0.2) is 16.1 Å². The van der Waals surface area contributed by atoms with Gasteiger partial charge in [-0.05, 0) is 30.7 Å². The van der Waals surface area contributed by atoms with Gasteiger partial charge in [0, 0.05) is 11.9 Å². The molecule has 1 heterocycles. The van der Waals surface area contributed by atoms with Crippen molar-refractivity contribution >= 4 is 28.9 Å². The summed E-state index contributed by atoms with van der Waals surface area (Å²) in [7, 11) is 0. The van der Waals surface area contributed by atoms with E-state index in [0.29, 0.717) is 17.9 Å². The molecule has 0 aliphatic rings. The lowest BCUT2D eigenvalue weighted by molar-refractivity contribution is 0.0698. The van der Waals surface area contributed by atoms with Gasteiger partial charge in [0.2, 0.25) is 0 Å². The third kappa shape index (κ3) is 3.00. The number of rotatable bonds is 4. The summed E-state index contributed by atoms with van der Waals surface area (Å²) in [4.78, 5) is 15.5. The number of aromatic nitrogens is 1. The van der Waals surface area contributed by atoms with Crippen LogP contribution in [0.2, 0.25) is 5.02 Å². The number of pyridine rings is 1. The molecule has 0 saturated carbocycles. The molecule has 6 heteroatoms. The molecule has 0 saturated heterocycles. The first-order valence-electron chi connectivity index (χ1n) is 5.95. The zero-order valence-electron chi connectivity index (χ0n) is 10.9. The van der Waals surface area contributed by atoms with Crippen molar-refractivity contribution in [2.24, 2.45) is 0 Å². The number of carbonyl (C=O) groups is 1. The molecular weight excluding hydrogens is 278 g/mol. The topological polar surface area (TPSA) is 88.2 Å². The lowest BCUT2D eigenvalue weighted by Crippen LogP contribution is -2.09. The van der Waals surface area contributed by atoms with E-state index in [1.54, 1.807) is 6.20 Å². The van der Waals surface area contributed by atoms with Crippen molar-refractivity contribution in [1.82, 2.24) is 4.98 Å². The normalized spacial score (nSPS) is 10.3. The molecule has 0 amide bonds. The van der Waals surface area contributed by atoms with Crippen LogP contribution in [0.4, 0.5) is 11.4 Å². The molecule has 1 aromatic carbocycles. The fourth-order valence-electron chi connectivity index (χ4n) is 1.85. The van der Waals surface area contributed by atoms with Gasteiger partial charge in [0.15, 0.2) is 0 Å². The van der Waals surface area contributed by atoms with Gasteiger partial charge in [-0.25, -0.2) is 4.79 Å². The summed E-state index contributed by atoms with van der Waals surface area (Å²) in [6.07, 6.45) is 1.69. The summed E-state index contributed by atoms with van der Waals surface area (Å²) < 4.78 is 0. The number of nitrogens with one attached hydrogen (secondary N) is 1. The SMILES string of the molecule is Cc1cccnc1CNc1c(Cl)cc(N)cc1C(=O)O. The van der Waals surface area contributed by atoms with E-state index >= 15 is 0 Å². The summed E-state index contributed by atoms with van der Waals surface area (Å²) >= 11 is 6.06. The average molecular weight is 292 g/mol. The fourth-order valence-corrected chi connectivity index (χ4v) is 2.15. The third-order valence-corrected chi connectivity index (χ3v) is 3.19. The number of nitrogen functional groups attached to an aromatic ring is 1. The number of nitrogens with two attached hydrogens (primary N) is 1. The first-order valence-corrected chi connectivity index (χ1v) is 6.33. The summed E-state index contributed by atoms with van der Waals surface area (Å²) in [6, 6.07) is 6.67. The Labute approximate surface area is 121 Å². The van der Waals surface area contributed by atoms with Gasteiger partial charge in [0.05, 0.1) is 28.5 Å². The van der Waals surface area contributed by atoms with Gasteiger partial charge < -0.3 is 16.2 Å². The van der Waals surface area contributed by atoms with E-state index in [-0.39, 0.29) is 10.6 Å². The third-order valence-electron chi connectivity index (χ3n) is 2.89. The number of carboxylic acid groups (broad SMARTS) is 1. The number of halogens is 1. The molecule has 0 aliphatic carbocycles. The Morgan fingerprint density at radius 3 is 2.90 bits per heavy atom. The maximum atomic E-state index is 11.2. The van der Waals surface area contributed by atoms with Crippen LogP contribution in [0.5, 0.6) is 0 Å². The van der Waals surface area contributed by atoms with Crippen LogP contribution in [0.3, 0.4) is 0 Å². The van der Waals surface area contributed by atoms with Gasteiger partial charge in [-0.1, -0.05) is 17.7 Å². The predicted octanol–water partition coefficient (Wildman–Crippen LogP) is 2.94. The van der Waals surface area contributed by atoms with Gasteiger partial charge in [0.25, 0.3) is 0 Å². The second-order valence-corrected chi connectivity index (χ2v) is 4.76. The number of carboxylic acids is 1. The Morgan fingerprint density at radius 2 is 2.25 bits per heavy atom. The van der Waals surface area contributed by atoms with Crippen LogP contribution < -0.4 is 11.1 Å². The Balaban J connectivity index is 2.30. The molecule has 104 valence electrons. The van der Waals surface area contributed by atoms with Crippen molar-refractivity contribution < 1.29 is 9.90 Å². The van der Waals surface area contributed by atoms with Crippen LogP contribution in [-0.2, 0) is 6.54 Å². The van der Waals surface area contributed by atoms with E-state index in [2.05, 4.69) is 10.3 Å². The Morgan fingerprint density at radius 1 is 1.50 bits per heavy atom. The van der Waals surface area contributed by atoms with Crippen LogP contribution in [0.25, 0.3) is 0 Å². The largest absolute Gasteiger partial charge is 0.478 e. The minimum atomic E-state index is -1.08. The first kappa shape index (κ1) is 14.1. The minimum absolute atomic E-state index is 0.0450. The summed E-state index contributed by atoms with van der Waals surface area (Å²) in [6.45, 7) is 2.32. The summed E-state index contributed by atoms with van der Waals surface area (Å²) in [5.41, 5.74) is 8.16. The molecule has 20 heavy (non-hydrogen) atoms. The fraction of sp³-hybridized carbons (Fsp3) is 0.143.